The van der Waals surface area contributed by atoms with Crippen molar-refractivity contribution in [3.8, 4) is 0 Å². The van der Waals surface area contributed by atoms with Gasteiger partial charge in [-0.15, -0.1) is 0 Å². The SMILES string of the molecule is CCCN1C(=O)NC(c2ccc(NC(=O)c3ccc([N+](=O)[O-])cc3Cl)cc2)C(C(=O)OCC)=C1C. The first-order valence-corrected chi connectivity index (χ1v) is 11.4. The second kappa shape index (κ2) is 11.0. The third-order valence-electron chi connectivity index (χ3n) is 5.45. The van der Waals surface area contributed by atoms with Gasteiger partial charge in [0.1, 0.15) is 0 Å². The molecule has 10 nitrogen and oxygen atoms in total. The summed E-state index contributed by atoms with van der Waals surface area (Å²) in [5.41, 5.74) is 1.80. The predicted molar refractivity (Wildman–Crippen MR) is 130 cm³/mol. The molecule has 3 amide bonds. The van der Waals surface area contributed by atoms with Gasteiger partial charge in [-0.05, 0) is 44.0 Å². The summed E-state index contributed by atoms with van der Waals surface area (Å²) in [6.07, 6.45) is 0.721. The quantitative estimate of drug-likeness (QED) is 0.303. The van der Waals surface area contributed by atoms with Gasteiger partial charge in [0.25, 0.3) is 11.6 Å². The zero-order valence-electron chi connectivity index (χ0n) is 19.5. The number of hydrogen-bond donors (Lipinski definition) is 2. The van der Waals surface area contributed by atoms with E-state index in [1.165, 1.54) is 17.0 Å². The largest absolute Gasteiger partial charge is 0.463 e. The molecule has 0 aliphatic carbocycles. The summed E-state index contributed by atoms with van der Waals surface area (Å²) < 4.78 is 5.24. The first-order chi connectivity index (χ1) is 16.7. The van der Waals surface area contributed by atoms with Crippen LogP contribution in [0.25, 0.3) is 0 Å². The Morgan fingerprint density at radius 1 is 1.20 bits per heavy atom. The molecular weight excluding hydrogens is 476 g/mol. The summed E-state index contributed by atoms with van der Waals surface area (Å²) in [6, 6.07) is 9.16. The van der Waals surface area contributed by atoms with Gasteiger partial charge in [-0.25, -0.2) is 9.59 Å². The van der Waals surface area contributed by atoms with Gasteiger partial charge in [0.15, 0.2) is 0 Å². The Hall–Kier alpha value is -3.92. The molecule has 184 valence electrons. The van der Waals surface area contributed by atoms with Crippen molar-refractivity contribution in [1.82, 2.24) is 10.2 Å². The van der Waals surface area contributed by atoms with E-state index in [4.69, 9.17) is 16.3 Å². The molecule has 3 rings (SSSR count). The first-order valence-electron chi connectivity index (χ1n) is 11.0. The number of ether oxygens (including phenoxy) is 1. The number of non-ortho nitro benzene ring substituents is 1. The van der Waals surface area contributed by atoms with Gasteiger partial charge in [0, 0.05) is 30.1 Å². The summed E-state index contributed by atoms with van der Waals surface area (Å²) in [6.45, 7) is 6.02. The summed E-state index contributed by atoms with van der Waals surface area (Å²) in [4.78, 5) is 49.8. The molecule has 0 saturated heterocycles. The zero-order chi connectivity index (χ0) is 25.7. The van der Waals surface area contributed by atoms with Crippen LogP contribution in [0.5, 0.6) is 0 Å². The molecule has 1 aliphatic heterocycles. The van der Waals surface area contributed by atoms with E-state index in [1.54, 1.807) is 38.1 Å². The third kappa shape index (κ3) is 5.60. The minimum absolute atomic E-state index is 0.0467. The number of nitro benzene ring substituents is 1. The summed E-state index contributed by atoms with van der Waals surface area (Å²) >= 11 is 6.04. The van der Waals surface area contributed by atoms with Crippen LogP contribution in [0.15, 0.2) is 53.7 Å². The number of hydrogen-bond acceptors (Lipinski definition) is 6. The van der Waals surface area contributed by atoms with E-state index in [0.717, 1.165) is 12.5 Å². The standard InChI is InChI=1S/C24H25ClN4O6/c1-4-12-28-14(3)20(23(31)35-5-2)21(27-24(28)32)15-6-8-16(9-7-15)26-22(30)18-11-10-17(29(33)34)13-19(18)25/h6-11,13,21H,4-5,12H2,1-3H3,(H,26,30)(H,27,32). The van der Waals surface area contributed by atoms with Crippen LogP contribution in [-0.4, -0.2) is 40.9 Å². The van der Waals surface area contributed by atoms with Crippen molar-refractivity contribution in [1.29, 1.82) is 0 Å². The molecule has 2 aromatic carbocycles. The van der Waals surface area contributed by atoms with Crippen LogP contribution in [0.2, 0.25) is 5.02 Å². The van der Waals surface area contributed by atoms with Crippen molar-refractivity contribution in [3.05, 3.63) is 80.0 Å². The van der Waals surface area contributed by atoms with Crippen LogP contribution in [-0.2, 0) is 9.53 Å². The Morgan fingerprint density at radius 3 is 2.46 bits per heavy atom. The highest BCUT2D eigenvalue weighted by molar-refractivity contribution is 6.34. The van der Waals surface area contributed by atoms with Crippen LogP contribution >= 0.6 is 11.6 Å². The van der Waals surface area contributed by atoms with E-state index in [9.17, 15) is 24.5 Å². The number of nitro groups is 1. The van der Waals surface area contributed by atoms with E-state index >= 15 is 0 Å². The second-order valence-corrected chi connectivity index (χ2v) is 8.16. The molecule has 1 heterocycles. The molecule has 0 saturated carbocycles. The molecule has 0 radical (unpaired) electrons. The normalized spacial score (nSPS) is 15.5. The van der Waals surface area contributed by atoms with Crippen molar-refractivity contribution in [2.24, 2.45) is 0 Å². The molecule has 2 aromatic rings. The van der Waals surface area contributed by atoms with Gasteiger partial charge in [-0.2, -0.15) is 0 Å². The van der Waals surface area contributed by atoms with Gasteiger partial charge < -0.3 is 15.4 Å². The van der Waals surface area contributed by atoms with E-state index in [0.29, 0.717) is 29.1 Å². The van der Waals surface area contributed by atoms with Crippen LogP contribution in [0, 0.1) is 10.1 Å². The smallest absolute Gasteiger partial charge is 0.338 e. The molecule has 0 fully saturated rings. The van der Waals surface area contributed by atoms with E-state index < -0.39 is 22.8 Å². The fourth-order valence-corrected chi connectivity index (χ4v) is 4.02. The topological polar surface area (TPSA) is 131 Å². The monoisotopic (exact) mass is 500 g/mol. The van der Waals surface area contributed by atoms with Crippen LogP contribution in [0.4, 0.5) is 16.2 Å². The lowest BCUT2D eigenvalue weighted by Gasteiger charge is -2.35. The number of halogens is 1. The molecule has 1 aliphatic rings. The molecule has 35 heavy (non-hydrogen) atoms. The first kappa shape index (κ1) is 25.7. The number of allylic oxidation sites excluding steroid dienone is 1. The highest BCUT2D eigenvalue weighted by atomic mass is 35.5. The Balaban J connectivity index is 1.85. The second-order valence-electron chi connectivity index (χ2n) is 7.75. The molecular formula is C24H25ClN4O6. The lowest BCUT2D eigenvalue weighted by atomic mass is 9.94. The lowest BCUT2D eigenvalue weighted by Crippen LogP contribution is -2.48. The maximum absolute atomic E-state index is 12.7. The number of nitrogens with one attached hydrogen (secondary N) is 2. The minimum atomic E-state index is -0.719. The Bertz CT molecular complexity index is 1200. The van der Waals surface area contributed by atoms with Crippen molar-refractivity contribution >= 4 is 40.9 Å². The summed E-state index contributed by atoms with van der Waals surface area (Å²) in [7, 11) is 0. The number of esters is 1. The molecule has 0 bridgehead atoms. The van der Waals surface area contributed by atoms with Crippen molar-refractivity contribution < 1.29 is 24.0 Å². The van der Waals surface area contributed by atoms with Crippen molar-refractivity contribution in [2.75, 3.05) is 18.5 Å². The number of carbonyl (C=O) groups is 3. The van der Waals surface area contributed by atoms with Crippen LogP contribution in [0.3, 0.4) is 0 Å². The number of benzene rings is 2. The third-order valence-corrected chi connectivity index (χ3v) is 5.76. The number of carbonyl (C=O) groups excluding carboxylic acids is 3. The fourth-order valence-electron chi connectivity index (χ4n) is 3.76. The van der Waals surface area contributed by atoms with Gasteiger partial charge in [-0.1, -0.05) is 30.7 Å². The molecule has 11 heteroatoms. The van der Waals surface area contributed by atoms with Gasteiger partial charge in [0.2, 0.25) is 0 Å². The number of urea groups is 1. The Labute approximate surface area is 207 Å². The summed E-state index contributed by atoms with van der Waals surface area (Å²) in [5, 5.41) is 16.4. The van der Waals surface area contributed by atoms with Crippen molar-refractivity contribution in [2.45, 2.75) is 33.2 Å². The van der Waals surface area contributed by atoms with Gasteiger partial charge >= 0.3 is 12.0 Å². The molecule has 1 atom stereocenters. The Morgan fingerprint density at radius 2 is 1.89 bits per heavy atom. The Kier molecular flexibility index (Phi) is 8.08. The van der Waals surface area contributed by atoms with Gasteiger partial charge in [-0.3, -0.25) is 19.8 Å². The molecule has 2 N–H and O–H groups in total. The van der Waals surface area contributed by atoms with Crippen molar-refractivity contribution in [3.63, 3.8) is 0 Å². The van der Waals surface area contributed by atoms with Crippen LogP contribution < -0.4 is 10.6 Å². The predicted octanol–water partition coefficient (Wildman–Crippen LogP) is 4.81. The summed E-state index contributed by atoms with van der Waals surface area (Å²) in [5.74, 6) is -1.05. The maximum atomic E-state index is 12.7. The van der Waals surface area contributed by atoms with E-state index in [1.807, 2.05) is 6.92 Å². The lowest BCUT2D eigenvalue weighted by molar-refractivity contribution is -0.384. The number of rotatable bonds is 8. The molecule has 1 unspecified atom stereocenters. The average molecular weight is 501 g/mol. The molecule has 0 spiro atoms. The maximum Gasteiger partial charge on any atom is 0.338 e. The van der Waals surface area contributed by atoms with E-state index in [-0.39, 0.29) is 28.9 Å². The highest BCUT2D eigenvalue weighted by Crippen LogP contribution is 2.32. The number of anilines is 1. The highest BCUT2D eigenvalue weighted by Gasteiger charge is 2.36. The number of nitrogens with zero attached hydrogens (tertiary/aromatic N) is 2. The molecule has 0 aromatic heterocycles. The minimum Gasteiger partial charge on any atom is -0.463 e. The van der Waals surface area contributed by atoms with E-state index in [2.05, 4.69) is 10.6 Å². The fraction of sp³-hybridized carbons (Fsp3) is 0.292. The zero-order valence-corrected chi connectivity index (χ0v) is 20.2. The number of amides is 3. The van der Waals surface area contributed by atoms with Gasteiger partial charge in [0.05, 0.1) is 33.7 Å². The van der Waals surface area contributed by atoms with Crippen LogP contribution in [0.1, 0.15) is 49.2 Å². The average Bonchev–Trinajstić information content (AvgIpc) is 2.81.